The van der Waals surface area contributed by atoms with Crippen molar-refractivity contribution in [2.24, 2.45) is 11.8 Å². The zero-order valence-electron chi connectivity index (χ0n) is 14.9. The molecule has 0 saturated carbocycles. The van der Waals surface area contributed by atoms with Gasteiger partial charge in [-0.3, -0.25) is 0 Å². The van der Waals surface area contributed by atoms with Gasteiger partial charge >= 0.3 is 0 Å². The lowest BCUT2D eigenvalue weighted by Gasteiger charge is -2.32. The van der Waals surface area contributed by atoms with E-state index < -0.39 is 0 Å². The Balaban J connectivity index is 1.36. The minimum atomic E-state index is -0.332. The molecule has 25 heavy (non-hydrogen) atoms. The Hall–Kier alpha value is -1.45. The SMILES string of the molecule is CCC[C@H]1CO[C@H](CCC2COC(c3ccc(C#N)cc3)OC2)OC1. The van der Waals surface area contributed by atoms with Crippen molar-refractivity contribution in [2.45, 2.75) is 45.2 Å². The Bertz CT molecular complexity index is 552. The van der Waals surface area contributed by atoms with Crippen LogP contribution in [-0.4, -0.2) is 32.7 Å². The van der Waals surface area contributed by atoms with Crippen molar-refractivity contribution in [1.82, 2.24) is 0 Å². The van der Waals surface area contributed by atoms with Crippen LogP contribution in [-0.2, 0) is 18.9 Å². The third kappa shape index (κ3) is 5.26. The van der Waals surface area contributed by atoms with Crippen molar-refractivity contribution in [1.29, 1.82) is 5.26 Å². The molecule has 0 aliphatic carbocycles. The zero-order chi connectivity index (χ0) is 17.5. The van der Waals surface area contributed by atoms with Crippen molar-refractivity contribution >= 4 is 0 Å². The van der Waals surface area contributed by atoms with E-state index in [1.165, 1.54) is 12.8 Å². The van der Waals surface area contributed by atoms with Crippen LogP contribution < -0.4 is 0 Å². The Kier molecular flexibility index (Phi) is 6.83. The summed E-state index contributed by atoms with van der Waals surface area (Å²) in [6.07, 6.45) is 3.80. The Morgan fingerprint density at radius 2 is 1.48 bits per heavy atom. The average molecular weight is 345 g/mol. The topological polar surface area (TPSA) is 60.7 Å². The Morgan fingerprint density at radius 3 is 2.08 bits per heavy atom. The number of rotatable bonds is 6. The van der Waals surface area contributed by atoms with E-state index in [-0.39, 0.29) is 12.6 Å². The first-order valence-corrected chi connectivity index (χ1v) is 9.25. The van der Waals surface area contributed by atoms with Gasteiger partial charge in [0.2, 0.25) is 0 Å². The minimum absolute atomic E-state index is 0.0793. The molecule has 2 aliphatic rings. The monoisotopic (exact) mass is 345 g/mol. The van der Waals surface area contributed by atoms with Gasteiger partial charge in [-0.25, -0.2) is 0 Å². The van der Waals surface area contributed by atoms with E-state index in [0.29, 0.717) is 30.6 Å². The van der Waals surface area contributed by atoms with Gasteiger partial charge < -0.3 is 18.9 Å². The Labute approximate surface area is 149 Å². The highest BCUT2D eigenvalue weighted by atomic mass is 16.7. The van der Waals surface area contributed by atoms with Crippen LogP contribution in [0.5, 0.6) is 0 Å². The van der Waals surface area contributed by atoms with Crippen molar-refractivity contribution in [2.75, 3.05) is 26.4 Å². The maximum Gasteiger partial charge on any atom is 0.183 e. The molecule has 1 aromatic carbocycles. The fourth-order valence-electron chi connectivity index (χ4n) is 3.31. The van der Waals surface area contributed by atoms with Crippen LogP contribution in [0, 0.1) is 23.2 Å². The maximum atomic E-state index is 8.85. The fourth-order valence-corrected chi connectivity index (χ4v) is 3.31. The van der Waals surface area contributed by atoms with E-state index in [1.54, 1.807) is 12.1 Å². The number of ether oxygens (including phenoxy) is 4. The zero-order valence-corrected chi connectivity index (χ0v) is 14.9. The molecular formula is C20H27NO4. The second-order valence-electron chi connectivity index (χ2n) is 6.93. The first-order chi connectivity index (χ1) is 12.3. The summed E-state index contributed by atoms with van der Waals surface area (Å²) in [5, 5.41) is 8.85. The van der Waals surface area contributed by atoms with Gasteiger partial charge in [0, 0.05) is 17.4 Å². The summed E-state index contributed by atoms with van der Waals surface area (Å²) in [6, 6.07) is 9.47. The molecule has 0 atom stereocenters. The maximum absolute atomic E-state index is 8.85. The number of hydrogen-bond donors (Lipinski definition) is 0. The molecule has 0 spiro atoms. The van der Waals surface area contributed by atoms with E-state index in [2.05, 4.69) is 13.0 Å². The van der Waals surface area contributed by atoms with E-state index in [1.807, 2.05) is 12.1 Å². The van der Waals surface area contributed by atoms with E-state index in [9.17, 15) is 0 Å². The van der Waals surface area contributed by atoms with Crippen molar-refractivity contribution in [3.8, 4) is 6.07 Å². The first-order valence-electron chi connectivity index (χ1n) is 9.25. The van der Waals surface area contributed by atoms with Crippen LogP contribution in [0.4, 0.5) is 0 Å². The fraction of sp³-hybridized carbons (Fsp3) is 0.650. The van der Waals surface area contributed by atoms with Crippen LogP contribution in [0.25, 0.3) is 0 Å². The van der Waals surface area contributed by atoms with Crippen LogP contribution in [0.3, 0.4) is 0 Å². The third-order valence-electron chi connectivity index (χ3n) is 4.82. The van der Waals surface area contributed by atoms with E-state index in [0.717, 1.165) is 31.6 Å². The molecule has 0 radical (unpaired) electrons. The quantitative estimate of drug-likeness (QED) is 0.785. The lowest BCUT2D eigenvalue weighted by Crippen LogP contribution is -2.33. The molecule has 5 heteroatoms. The van der Waals surface area contributed by atoms with Gasteiger partial charge in [0.1, 0.15) is 0 Å². The standard InChI is InChI=1S/C20H27NO4/c1-2-3-16-11-22-19(23-12-16)9-6-17-13-24-20(25-14-17)18-7-4-15(10-21)5-8-18/h4-5,7-8,16-17,19-20H,2-3,6,9,11-14H2,1H3/t16-,17?,19-,20?. The first kappa shape index (κ1) is 18.3. The van der Waals surface area contributed by atoms with Gasteiger partial charge in [0.15, 0.2) is 12.6 Å². The summed E-state index contributed by atoms with van der Waals surface area (Å²) >= 11 is 0. The summed E-state index contributed by atoms with van der Waals surface area (Å²) in [5.41, 5.74) is 1.60. The molecular weight excluding hydrogens is 318 g/mol. The number of nitrogens with zero attached hydrogens (tertiary/aromatic N) is 1. The van der Waals surface area contributed by atoms with Gasteiger partial charge in [-0.2, -0.15) is 5.26 Å². The minimum Gasteiger partial charge on any atom is -0.352 e. The van der Waals surface area contributed by atoms with Crippen LogP contribution in [0.15, 0.2) is 24.3 Å². The smallest absolute Gasteiger partial charge is 0.183 e. The normalized spacial score (nSPS) is 29.9. The molecule has 0 N–H and O–H groups in total. The van der Waals surface area contributed by atoms with Gasteiger partial charge in [-0.15, -0.1) is 0 Å². The van der Waals surface area contributed by atoms with Crippen LogP contribution >= 0.6 is 0 Å². The lowest BCUT2D eigenvalue weighted by atomic mass is 10.0. The number of benzene rings is 1. The van der Waals surface area contributed by atoms with Crippen LogP contribution in [0.1, 0.15) is 50.0 Å². The summed E-state index contributed by atoms with van der Waals surface area (Å²) in [7, 11) is 0. The molecule has 2 saturated heterocycles. The second kappa shape index (κ2) is 9.30. The summed E-state index contributed by atoms with van der Waals surface area (Å²) in [6.45, 7) is 5.18. The highest BCUT2D eigenvalue weighted by Crippen LogP contribution is 2.28. The molecule has 3 rings (SSSR count). The molecule has 2 heterocycles. The van der Waals surface area contributed by atoms with Gasteiger partial charge in [-0.1, -0.05) is 25.5 Å². The molecule has 5 nitrogen and oxygen atoms in total. The highest BCUT2D eigenvalue weighted by molar-refractivity contribution is 5.32. The number of hydrogen-bond acceptors (Lipinski definition) is 5. The molecule has 1 aromatic rings. The lowest BCUT2D eigenvalue weighted by molar-refractivity contribution is -0.220. The van der Waals surface area contributed by atoms with Crippen molar-refractivity contribution in [3.05, 3.63) is 35.4 Å². The molecule has 2 aliphatic heterocycles. The molecule has 0 aromatic heterocycles. The van der Waals surface area contributed by atoms with Gasteiger partial charge in [0.05, 0.1) is 38.1 Å². The third-order valence-corrected chi connectivity index (χ3v) is 4.82. The predicted octanol–water partition coefficient (Wildman–Crippen LogP) is 3.79. The summed E-state index contributed by atoms with van der Waals surface area (Å²) < 4.78 is 23.3. The molecule has 0 bridgehead atoms. The Morgan fingerprint density at radius 1 is 0.880 bits per heavy atom. The molecule has 0 amide bonds. The molecule has 0 unspecified atom stereocenters. The van der Waals surface area contributed by atoms with Crippen molar-refractivity contribution in [3.63, 3.8) is 0 Å². The average Bonchev–Trinajstić information content (AvgIpc) is 2.68. The van der Waals surface area contributed by atoms with E-state index >= 15 is 0 Å². The molecule has 136 valence electrons. The summed E-state index contributed by atoms with van der Waals surface area (Å²) in [5.74, 6) is 0.922. The summed E-state index contributed by atoms with van der Waals surface area (Å²) in [4.78, 5) is 0. The predicted molar refractivity (Wildman–Crippen MR) is 92.6 cm³/mol. The van der Waals surface area contributed by atoms with Gasteiger partial charge in [0.25, 0.3) is 0 Å². The number of nitriles is 1. The highest BCUT2D eigenvalue weighted by Gasteiger charge is 2.26. The van der Waals surface area contributed by atoms with Gasteiger partial charge in [-0.05, 0) is 31.4 Å². The van der Waals surface area contributed by atoms with Crippen molar-refractivity contribution < 1.29 is 18.9 Å². The molecule has 2 fully saturated rings. The second-order valence-corrected chi connectivity index (χ2v) is 6.93. The van der Waals surface area contributed by atoms with Crippen LogP contribution in [0.2, 0.25) is 0 Å². The largest absolute Gasteiger partial charge is 0.352 e. The van der Waals surface area contributed by atoms with E-state index in [4.69, 9.17) is 24.2 Å².